The number of aromatic nitrogens is 1. The zero-order valence-electron chi connectivity index (χ0n) is 17.3. The van der Waals surface area contributed by atoms with Crippen LogP contribution in [0.1, 0.15) is 24.1 Å². The van der Waals surface area contributed by atoms with E-state index in [1.807, 2.05) is 0 Å². The van der Waals surface area contributed by atoms with Gasteiger partial charge in [0.25, 0.3) is 11.7 Å². The van der Waals surface area contributed by atoms with Crippen LogP contribution in [0.15, 0.2) is 66.5 Å². The minimum Gasteiger partial charge on any atom is -0.507 e. The molecule has 2 aromatic carbocycles. The van der Waals surface area contributed by atoms with Crippen molar-refractivity contribution in [1.82, 2.24) is 4.98 Å². The van der Waals surface area contributed by atoms with E-state index >= 15 is 0 Å². The fourth-order valence-corrected chi connectivity index (χ4v) is 3.91. The third kappa shape index (κ3) is 4.05. The maximum atomic E-state index is 14.7. The largest absolute Gasteiger partial charge is 0.507 e. The van der Waals surface area contributed by atoms with Crippen molar-refractivity contribution in [2.75, 3.05) is 11.5 Å². The molecule has 1 aromatic heterocycles. The molecule has 0 radical (unpaired) electrons. The van der Waals surface area contributed by atoms with Crippen LogP contribution in [0.3, 0.4) is 0 Å². The molecule has 0 saturated carbocycles. The number of anilines is 1. The molecular formula is C24H17ClF2N2O4. The number of carbonyl (C=O) groups is 2. The Kier molecular flexibility index (Phi) is 6.11. The molecule has 0 spiro atoms. The number of amides is 1. The predicted molar refractivity (Wildman–Crippen MR) is 118 cm³/mol. The second kappa shape index (κ2) is 8.99. The third-order valence-corrected chi connectivity index (χ3v) is 5.47. The van der Waals surface area contributed by atoms with Gasteiger partial charge < -0.3 is 9.84 Å². The van der Waals surface area contributed by atoms with Crippen LogP contribution >= 0.6 is 11.6 Å². The predicted octanol–water partition coefficient (Wildman–Crippen LogP) is 5.04. The number of aliphatic hydroxyl groups excluding tert-OH is 1. The average Bonchev–Trinajstić information content (AvgIpc) is 3.06. The molecule has 1 atom stereocenters. The van der Waals surface area contributed by atoms with Crippen LogP contribution in [-0.2, 0) is 9.59 Å². The van der Waals surface area contributed by atoms with Crippen LogP contribution in [0.2, 0.25) is 5.02 Å². The second-order valence-electron chi connectivity index (χ2n) is 7.12. The Hall–Kier alpha value is -3.78. The minimum atomic E-state index is -1.21. The summed E-state index contributed by atoms with van der Waals surface area (Å²) in [5.41, 5.74) is -0.162. The quantitative estimate of drug-likeness (QED) is 0.321. The van der Waals surface area contributed by atoms with E-state index < -0.39 is 35.1 Å². The van der Waals surface area contributed by atoms with Crippen molar-refractivity contribution in [3.8, 4) is 5.75 Å². The number of hydrogen-bond donors (Lipinski definition) is 1. The Morgan fingerprint density at radius 3 is 2.52 bits per heavy atom. The Bertz CT molecular complexity index is 1280. The summed E-state index contributed by atoms with van der Waals surface area (Å²) in [4.78, 5) is 30.9. The first-order chi connectivity index (χ1) is 15.8. The van der Waals surface area contributed by atoms with E-state index in [1.54, 1.807) is 13.0 Å². The lowest BCUT2D eigenvalue weighted by atomic mass is 9.95. The zero-order valence-corrected chi connectivity index (χ0v) is 18.0. The Morgan fingerprint density at radius 1 is 1.12 bits per heavy atom. The van der Waals surface area contributed by atoms with Gasteiger partial charge in [-0.1, -0.05) is 11.6 Å². The number of rotatable bonds is 5. The van der Waals surface area contributed by atoms with Crippen molar-refractivity contribution in [2.45, 2.75) is 13.0 Å². The van der Waals surface area contributed by atoms with Crippen molar-refractivity contribution in [3.05, 3.63) is 94.3 Å². The highest BCUT2D eigenvalue weighted by Crippen LogP contribution is 2.43. The molecular weight excluding hydrogens is 454 g/mol. The van der Waals surface area contributed by atoms with E-state index in [-0.39, 0.29) is 21.8 Å². The molecule has 0 bridgehead atoms. The molecule has 1 saturated heterocycles. The maximum absolute atomic E-state index is 14.7. The minimum absolute atomic E-state index is 0.0688. The van der Waals surface area contributed by atoms with Crippen LogP contribution in [0, 0.1) is 11.6 Å². The molecule has 168 valence electrons. The fourth-order valence-electron chi connectivity index (χ4n) is 3.71. The van der Waals surface area contributed by atoms with Crippen LogP contribution in [0.4, 0.5) is 14.5 Å². The first kappa shape index (κ1) is 22.4. The van der Waals surface area contributed by atoms with E-state index in [9.17, 15) is 23.5 Å². The summed E-state index contributed by atoms with van der Waals surface area (Å²) in [5.74, 6) is -4.16. The number of nitrogens with zero attached hydrogens (tertiary/aromatic N) is 2. The third-order valence-electron chi connectivity index (χ3n) is 5.14. The fraction of sp³-hybridized carbons (Fsp3) is 0.125. The van der Waals surface area contributed by atoms with Gasteiger partial charge in [0.15, 0.2) is 0 Å². The summed E-state index contributed by atoms with van der Waals surface area (Å²) in [6, 6.07) is 9.01. The van der Waals surface area contributed by atoms with E-state index in [2.05, 4.69) is 4.98 Å². The van der Waals surface area contributed by atoms with Crippen LogP contribution in [0.25, 0.3) is 5.76 Å². The summed E-state index contributed by atoms with van der Waals surface area (Å²) in [6.07, 6.45) is 2.86. The van der Waals surface area contributed by atoms with Crippen LogP contribution < -0.4 is 9.64 Å². The molecule has 1 fully saturated rings. The van der Waals surface area contributed by atoms with Gasteiger partial charge in [0.05, 0.1) is 28.9 Å². The second-order valence-corrected chi connectivity index (χ2v) is 7.53. The molecule has 1 aliphatic rings. The molecule has 1 amide bonds. The van der Waals surface area contributed by atoms with E-state index in [0.29, 0.717) is 24.0 Å². The SMILES string of the molecule is CCOc1ccc(Cl)c(/C(O)=C2\C(=O)C(=O)N(c3ccc(F)cc3F)C2c2ccncc2)c1. The average molecular weight is 471 g/mol. The summed E-state index contributed by atoms with van der Waals surface area (Å²) in [7, 11) is 0. The molecule has 2 heterocycles. The number of benzene rings is 2. The van der Waals surface area contributed by atoms with Gasteiger partial charge in [0.2, 0.25) is 0 Å². The highest BCUT2D eigenvalue weighted by Gasteiger charge is 2.48. The lowest BCUT2D eigenvalue weighted by molar-refractivity contribution is -0.132. The molecule has 4 rings (SSSR count). The van der Waals surface area contributed by atoms with E-state index in [0.717, 1.165) is 17.0 Å². The van der Waals surface area contributed by atoms with Crippen molar-refractivity contribution < 1.29 is 28.2 Å². The normalized spacial score (nSPS) is 17.5. The first-order valence-electron chi connectivity index (χ1n) is 9.92. The zero-order chi connectivity index (χ0) is 23.7. The Morgan fingerprint density at radius 2 is 1.85 bits per heavy atom. The van der Waals surface area contributed by atoms with E-state index in [4.69, 9.17) is 16.3 Å². The molecule has 0 aliphatic carbocycles. The summed E-state index contributed by atoms with van der Waals surface area (Å²) in [6.45, 7) is 2.13. The molecule has 6 nitrogen and oxygen atoms in total. The number of ketones is 1. The van der Waals surface area contributed by atoms with Crippen molar-refractivity contribution in [1.29, 1.82) is 0 Å². The number of halogens is 3. The standard InChI is InChI=1S/C24H17ClF2N2O4/c1-2-33-15-4-5-17(25)16(12-15)22(30)20-21(13-7-9-28-10-8-13)29(24(32)23(20)31)19-6-3-14(26)11-18(19)27/h3-12,21,30H,2H2,1H3/b22-20+. The van der Waals surface area contributed by atoms with Gasteiger partial charge >= 0.3 is 0 Å². The number of pyridine rings is 1. The van der Waals surface area contributed by atoms with Crippen molar-refractivity contribution in [2.24, 2.45) is 0 Å². The molecule has 1 N–H and O–H groups in total. The molecule has 9 heteroatoms. The lowest BCUT2D eigenvalue weighted by Crippen LogP contribution is -2.30. The van der Waals surface area contributed by atoms with Crippen LogP contribution in [-0.4, -0.2) is 28.4 Å². The van der Waals surface area contributed by atoms with Gasteiger partial charge in [-0.25, -0.2) is 8.78 Å². The lowest BCUT2D eigenvalue weighted by Gasteiger charge is -2.25. The molecule has 1 aliphatic heterocycles. The Labute approximate surface area is 192 Å². The summed E-state index contributed by atoms with van der Waals surface area (Å²) < 4.78 is 33.6. The highest BCUT2D eigenvalue weighted by atomic mass is 35.5. The van der Waals surface area contributed by atoms with Gasteiger partial charge in [-0.05, 0) is 55.0 Å². The van der Waals surface area contributed by atoms with Crippen molar-refractivity contribution in [3.63, 3.8) is 0 Å². The highest BCUT2D eigenvalue weighted by molar-refractivity contribution is 6.52. The number of carbonyl (C=O) groups excluding carboxylic acids is 2. The number of aliphatic hydroxyl groups is 1. The molecule has 3 aromatic rings. The summed E-state index contributed by atoms with van der Waals surface area (Å²) in [5, 5.41) is 11.3. The number of ether oxygens (including phenoxy) is 1. The molecule has 33 heavy (non-hydrogen) atoms. The number of hydrogen-bond acceptors (Lipinski definition) is 5. The van der Waals surface area contributed by atoms with Crippen molar-refractivity contribution >= 4 is 34.7 Å². The first-order valence-corrected chi connectivity index (χ1v) is 10.3. The molecule has 1 unspecified atom stereocenters. The van der Waals surface area contributed by atoms with Gasteiger partial charge in [0, 0.05) is 24.0 Å². The maximum Gasteiger partial charge on any atom is 0.300 e. The van der Waals surface area contributed by atoms with Crippen LogP contribution in [0.5, 0.6) is 5.75 Å². The smallest absolute Gasteiger partial charge is 0.300 e. The summed E-state index contributed by atoms with van der Waals surface area (Å²) >= 11 is 6.27. The van der Waals surface area contributed by atoms with E-state index in [1.165, 1.54) is 36.7 Å². The van der Waals surface area contributed by atoms with Gasteiger partial charge in [0.1, 0.15) is 23.1 Å². The Balaban J connectivity index is 1.96. The topological polar surface area (TPSA) is 79.7 Å². The van der Waals surface area contributed by atoms with Gasteiger partial charge in [-0.2, -0.15) is 0 Å². The monoisotopic (exact) mass is 470 g/mol. The number of Topliss-reactive ketones (excluding diaryl/α,β-unsaturated/α-hetero) is 1. The van der Waals surface area contributed by atoms with Gasteiger partial charge in [-0.15, -0.1) is 0 Å². The van der Waals surface area contributed by atoms with Gasteiger partial charge in [-0.3, -0.25) is 19.5 Å².